The monoisotopic (exact) mass is 205 g/mol. The molecule has 0 bridgehead atoms. The smallest absolute Gasteiger partial charge is 0.170 e. The lowest BCUT2D eigenvalue weighted by Crippen LogP contribution is -2.17. The molecule has 2 unspecified atom stereocenters. The van der Waals surface area contributed by atoms with Gasteiger partial charge in [0.15, 0.2) is 6.10 Å². The summed E-state index contributed by atoms with van der Waals surface area (Å²) in [4.78, 5) is 10.5. The van der Waals surface area contributed by atoms with Crippen LogP contribution in [0.3, 0.4) is 0 Å². The van der Waals surface area contributed by atoms with Crippen LogP contribution in [0.4, 0.5) is 0 Å². The number of rotatable bonds is 3. The van der Waals surface area contributed by atoms with E-state index in [0.29, 0.717) is 17.4 Å². The van der Waals surface area contributed by atoms with Crippen molar-refractivity contribution >= 4 is 6.29 Å². The average molecular weight is 205 g/mol. The third-order valence-corrected chi connectivity index (χ3v) is 2.19. The zero-order chi connectivity index (χ0) is 11.4. The first-order valence-corrected chi connectivity index (χ1v) is 4.41. The molecule has 0 saturated carbocycles. The van der Waals surface area contributed by atoms with Gasteiger partial charge in [-0.3, -0.25) is 4.79 Å². The second-order valence-corrected chi connectivity index (χ2v) is 3.25. The molecular formula is C11H11NO3. The Kier molecular flexibility index (Phi) is 3.56. The third kappa shape index (κ3) is 2.40. The molecule has 2 N–H and O–H groups in total. The molecule has 78 valence electrons. The van der Waals surface area contributed by atoms with E-state index in [4.69, 9.17) is 10.4 Å². The van der Waals surface area contributed by atoms with Crippen LogP contribution in [0, 0.1) is 18.3 Å². The van der Waals surface area contributed by atoms with Crippen LogP contribution in [0.15, 0.2) is 18.2 Å². The van der Waals surface area contributed by atoms with Gasteiger partial charge in [-0.1, -0.05) is 12.1 Å². The molecule has 0 spiro atoms. The molecule has 0 heterocycles. The standard InChI is InChI=1S/C11H11NO3/c1-7-2-3-8(6-13)4-9(7)11(15)10(14)5-12/h2-4,6,10-11,14-15H,1H3. The van der Waals surface area contributed by atoms with Crippen LogP contribution in [0.5, 0.6) is 0 Å². The van der Waals surface area contributed by atoms with Gasteiger partial charge in [0.2, 0.25) is 0 Å². The van der Waals surface area contributed by atoms with Crippen LogP contribution in [0.1, 0.15) is 27.6 Å². The van der Waals surface area contributed by atoms with E-state index in [2.05, 4.69) is 0 Å². The van der Waals surface area contributed by atoms with Gasteiger partial charge in [0.05, 0.1) is 6.07 Å². The first-order valence-electron chi connectivity index (χ1n) is 4.41. The summed E-state index contributed by atoms with van der Waals surface area (Å²) in [5.41, 5.74) is 1.52. The van der Waals surface area contributed by atoms with Gasteiger partial charge in [-0.2, -0.15) is 5.26 Å². The number of aliphatic hydroxyl groups is 2. The van der Waals surface area contributed by atoms with E-state index >= 15 is 0 Å². The molecule has 0 aromatic heterocycles. The molecule has 4 heteroatoms. The maximum absolute atomic E-state index is 10.5. The molecule has 0 saturated heterocycles. The number of aliphatic hydroxyl groups excluding tert-OH is 2. The maximum atomic E-state index is 10.5. The summed E-state index contributed by atoms with van der Waals surface area (Å²) in [5, 5.41) is 27.2. The largest absolute Gasteiger partial charge is 0.385 e. The van der Waals surface area contributed by atoms with Crippen LogP contribution < -0.4 is 0 Å². The minimum Gasteiger partial charge on any atom is -0.385 e. The highest BCUT2D eigenvalue weighted by molar-refractivity contribution is 5.75. The van der Waals surface area contributed by atoms with Gasteiger partial charge in [-0.15, -0.1) is 0 Å². The van der Waals surface area contributed by atoms with Crippen molar-refractivity contribution in [1.29, 1.82) is 5.26 Å². The number of aldehydes is 1. The Morgan fingerprint density at radius 3 is 2.67 bits per heavy atom. The zero-order valence-corrected chi connectivity index (χ0v) is 8.21. The molecule has 0 amide bonds. The topological polar surface area (TPSA) is 81.3 Å². The van der Waals surface area contributed by atoms with Gasteiger partial charge in [0, 0.05) is 5.56 Å². The predicted molar refractivity (Wildman–Crippen MR) is 53.1 cm³/mol. The van der Waals surface area contributed by atoms with Gasteiger partial charge >= 0.3 is 0 Å². The second-order valence-electron chi connectivity index (χ2n) is 3.25. The van der Waals surface area contributed by atoms with Crippen LogP contribution in [-0.2, 0) is 0 Å². The van der Waals surface area contributed by atoms with E-state index in [9.17, 15) is 9.90 Å². The normalized spacial score (nSPS) is 14.0. The number of benzene rings is 1. The van der Waals surface area contributed by atoms with E-state index in [0.717, 1.165) is 5.56 Å². The van der Waals surface area contributed by atoms with Gasteiger partial charge < -0.3 is 10.2 Å². The van der Waals surface area contributed by atoms with Gasteiger partial charge in [0.25, 0.3) is 0 Å². The van der Waals surface area contributed by atoms with Crippen LogP contribution in [0.2, 0.25) is 0 Å². The fraction of sp³-hybridized carbons (Fsp3) is 0.273. The third-order valence-electron chi connectivity index (χ3n) is 2.19. The van der Waals surface area contributed by atoms with E-state index in [1.807, 2.05) is 0 Å². The average Bonchev–Trinajstić information content (AvgIpc) is 2.27. The van der Waals surface area contributed by atoms with E-state index in [1.54, 1.807) is 25.1 Å². The molecule has 4 nitrogen and oxygen atoms in total. The maximum Gasteiger partial charge on any atom is 0.170 e. The Morgan fingerprint density at radius 1 is 1.47 bits per heavy atom. The van der Waals surface area contributed by atoms with Crippen molar-refractivity contribution in [1.82, 2.24) is 0 Å². The molecule has 1 aromatic carbocycles. The summed E-state index contributed by atoms with van der Waals surface area (Å²) in [6, 6.07) is 6.28. The van der Waals surface area contributed by atoms with Crippen molar-refractivity contribution in [2.75, 3.05) is 0 Å². The SMILES string of the molecule is Cc1ccc(C=O)cc1C(O)C(O)C#N. The van der Waals surface area contributed by atoms with Gasteiger partial charge in [0.1, 0.15) is 12.4 Å². The first-order chi connectivity index (χ1) is 7.10. The molecule has 0 radical (unpaired) electrons. The highest BCUT2D eigenvalue weighted by Crippen LogP contribution is 2.21. The van der Waals surface area contributed by atoms with Crippen LogP contribution in [0.25, 0.3) is 0 Å². The van der Waals surface area contributed by atoms with Crippen LogP contribution >= 0.6 is 0 Å². The number of hydrogen-bond acceptors (Lipinski definition) is 4. The van der Waals surface area contributed by atoms with Gasteiger partial charge in [-0.25, -0.2) is 0 Å². The molecule has 0 fully saturated rings. The van der Waals surface area contributed by atoms with Crippen molar-refractivity contribution < 1.29 is 15.0 Å². The van der Waals surface area contributed by atoms with Crippen molar-refractivity contribution in [2.24, 2.45) is 0 Å². The number of aryl methyl sites for hydroxylation is 1. The number of hydrogen-bond donors (Lipinski definition) is 2. The fourth-order valence-electron chi connectivity index (χ4n) is 1.29. The fourth-order valence-corrected chi connectivity index (χ4v) is 1.29. The van der Waals surface area contributed by atoms with E-state index in [-0.39, 0.29) is 0 Å². The predicted octanol–water partition coefficient (Wildman–Crippen LogP) is 0.725. The number of carbonyl (C=O) groups is 1. The van der Waals surface area contributed by atoms with Crippen molar-refractivity contribution in [3.8, 4) is 6.07 Å². The molecule has 0 aliphatic rings. The second kappa shape index (κ2) is 4.69. The lowest BCUT2D eigenvalue weighted by Gasteiger charge is -2.14. The van der Waals surface area contributed by atoms with Crippen molar-refractivity contribution in [3.05, 3.63) is 34.9 Å². The Morgan fingerprint density at radius 2 is 2.13 bits per heavy atom. The molecule has 0 aliphatic carbocycles. The van der Waals surface area contributed by atoms with E-state index in [1.165, 1.54) is 6.07 Å². The highest BCUT2D eigenvalue weighted by atomic mass is 16.3. The summed E-state index contributed by atoms with van der Waals surface area (Å²) in [5.74, 6) is 0. The molecular weight excluding hydrogens is 194 g/mol. The Balaban J connectivity index is 3.13. The quantitative estimate of drug-likeness (QED) is 0.563. The van der Waals surface area contributed by atoms with Gasteiger partial charge in [-0.05, 0) is 24.1 Å². The summed E-state index contributed by atoms with van der Waals surface area (Å²) in [7, 11) is 0. The Labute approximate surface area is 87.4 Å². The first kappa shape index (κ1) is 11.4. The lowest BCUT2D eigenvalue weighted by atomic mass is 9.98. The molecule has 0 aliphatic heterocycles. The number of carbonyl (C=O) groups excluding carboxylic acids is 1. The van der Waals surface area contributed by atoms with Crippen molar-refractivity contribution in [3.63, 3.8) is 0 Å². The Hall–Kier alpha value is -1.70. The number of nitriles is 1. The molecule has 15 heavy (non-hydrogen) atoms. The summed E-state index contributed by atoms with van der Waals surface area (Å²) >= 11 is 0. The Bertz CT molecular complexity index is 409. The van der Waals surface area contributed by atoms with Crippen molar-refractivity contribution in [2.45, 2.75) is 19.1 Å². The minimum atomic E-state index is -1.48. The summed E-state index contributed by atoms with van der Waals surface area (Å²) in [6.07, 6.45) is -2.12. The van der Waals surface area contributed by atoms with E-state index < -0.39 is 12.2 Å². The highest BCUT2D eigenvalue weighted by Gasteiger charge is 2.19. The molecule has 2 atom stereocenters. The molecule has 1 aromatic rings. The van der Waals surface area contributed by atoms with Crippen LogP contribution in [-0.4, -0.2) is 22.6 Å². The number of nitrogens with zero attached hydrogens (tertiary/aromatic N) is 1. The summed E-state index contributed by atoms with van der Waals surface area (Å²) in [6.45, 7) is 1.73. The lowest BCUT2D eigenvalue weighted by molar-refractivity contribution is 0.0523. The zero-order valence-electron chi connectivity index (χ0n) is 8.21. The summed E-state index contributed by atoms with van der Waals surface area (Å²) < 4.78 is 0. The minimum absolute atomic E-state index is 0.397. The molecule has 1 rings (SSSR count).